The molecule has 8 nitrogen and oxygen atoms in total. The highest BCUT2D eigenvalue weighted by molar-refractivity contribution is 7.93. The van der Waals surface area contributed by atoms with Gasteiger partial charge >= 0.3 is 0 Å². The van der Waals surface area contributed by atoms with Crippen LogP contribution in [0.4, 0.5) is 11.4 Å². The highest BCUT2D eigenvalue weighted by Gasteiger charge is 2.29. The van der Waals surface area contributed by atoms with E-state index in [1.807, 2.05) is 0 Å². The summed E-state index contributed by atoms with van der Waals surface area (Å²) in [5.74, 6) is 0.108. The number of hydrogen-bond acceptors (Lipinski definition) is 5. The summed E-state index contributed by atoms with van der Waals surface area (Å²) in [6.07, 6.45) is 0.561. The van der Waals surface area contributed by atoms with E-state index in [2.05, 4.69) is 14.9 Å². The molecule has 2 aromatic rings. The van der Waals surface area contributed by atoms with E-state index in [0.717, 1.165) is 0 Å². The lowest BCUT2D eigenvalue weighted by Gasteiger charge is -2.18. The van der Waals surface area contributed by atoms with Gasteiger partial charge in [0.25, 0.3) is 10.0 Å². The lowest BCUT2D eigenvalue weighted by Crippen LogP contribution is -2.25. The van der Waals surface area contributed by atoms with Crippen LogP contribution in [-0.2, 0) is 20.0 Å². The summed E-state index contributed by atoms with van der Waals surface area (Å²) in [7, 11) is -7.13. The fraction of sp³-hybridized carbons (Fsp3) is 0.357. The number of benzene rings is 1. The molecule has 1 aliphatic rings. The molecule has 1 fully saturated rings. The summed E-state index contributed by atoms with van der Waals surface area (Å²) in [5, 5.41) is 6.53. The maximum absolute atomic E-state index is 12.6. The van der Waals surface area contributed by atoms with Crippen molar-refractivity contribution in [2.45, 2.75) is 25.2 Å². The van der Waals surface area contributed by atoms with Crippen LogP contribution in [0.5, 0.6) is 0 Å². The molecule has 0 radical (unpaired) electrons. The van der Waals surface area contributed by atoms with Crippen molar-refractivity contribution in [3.8, 4) is 0 Å². The van der Waals surface area contributed by atoms with Crippen LogP contribution in [0.3, 0.4) is 0 Å². The van der Waals surface area contributed by atoms with Gasteiger partial charge in [0.05, 0.1) is 28.5 Å². The fourth-order valence-electron chi connectivity index (χ4n) is 2.80. The Morgan fingerprint density at radius 1 is 1.29 bits per heavy atom. The Labute approximate surface area is 141 Å². The van der Waals surface area contributed by atoms with Crippen LogP contribution in [-0.4, -0.2) is 39.3 Å². The number of nitrogens with zero attached hydrogens (tertiary/aromatic N) is 2. The number of aromatic amines is 1. The van der Waals surface area contributed by atoms with E-state index in [1.165, 1.54) is 10.4 Å². The number of rotatable bonds is 4. The van der Waals surface area contributed by atoms with Gasteiger partial charge in [0, 0.05) is 6.54 Å². The third-order valence-corrected chi connectivity index (χ3v) is 7.33. The maximum atomic E-state index is 12.6. The first-order chi connectivity index (χ1) is 11.2. The van der Waals surface area contributed by atoms with Crippen LogP contribution in [0.2, 0.25) is 0 Å². The normalized spacial score (nSPS) is 17.2. The zero-order chi connectivity index (χ0) is 17.5. The first kappa shape index (κ1) is 16.8. The number of hydrogen-bond donors (Lipinski definition) is 2. The van der Waals surface area contributed by atoms with Crippen molar-refractivity contribution in [3.63, 3.8) is 0 Å². The largest absolute Gasteiger partial charge is 0.281 e. The summed E-state index contributed by atoms with van der Waals surface area (Å²) in [4.78, 5) is 0.0988. The summed E-state index contributed by atoms with van der Waals surface area (Å²) >= 11 is 0. The molecule has 10 heteroatoms. The molecule has 0 spiro atoms. The van der Waals surface area contributed by atoms with Crippen molar-refractivity contribution in [3.05, 3.63) is 35.7 Å². The third-order valence-electron chi connectivity index (χ3n) is 3.81. The molecule has 2 heterocycles. The second kappa shape index (κ2) is 5.78. The van der Waals surface area contributed by atoms with Gasteiger partial charge in [-0.25, -0.2) is 16.8 Å². The Bertz CT molecular complexity index is 960. The van der Waals surface area contributed by atoms with Gasteiger partial charge in [-0.2, -0.15) is 5.10 Å². The SMILES string of the molecule is Cc1n[nH]c(C)c1S(=O)(=O)Nc1cccc(N2CCCS2(=O)=O)c1. The molecule has 0 aliphatic carbocycles. The van der Waals surface area contributed by atoms with Crippen LogP contribution in [0.25, 0.3) is 0 Å². The van der Waals surface area contributed by atoms with Gasteiger partial charge in [0.2, 0.25) is 10.0 Å². The highest BCUT2D eigenvalue weighted by Crippen LogP contribution is 2.28. The van der Waals surface area contributed by atoms with Gasteiger partial charge in [-0.05, 0) is 38.5 Å². The van der Waals surface area contributed by atoms with Crippen molar-refractivity contribution in [2.75, 3.05) is 21.3 Å². The van der Waals surface area contributed by atoms with Gasteiger partial charge in [-0.3, -0.25) is 14.1 Å². The summed E-state index contributed by atoms with van der Waals surface area (Å²) < 4.78 is 52.9. The molecule has 0 atom stereocenters. The van der Waals surface area contributed by atoms with E-state index in [4.69, 9.17) is 0 Å². The average Bonchev–Trinajstić information content (AvgIpc) is 3.00. The molecular formula is C14H18N4O4S2. The minimum atomic E-state index is -3.81. The van der Waals surface area contributed by atoms with Crippen LogP contribution in [0, 0.1) is 13.8 Å². The van der Waals surface area contributed by atoms with Crippen LogP contribution in [0.15, 0.2) is 29.2 Å². The Hall–Kier alpha value is -2.07. The van der Waals surface area contributed by atoms with Crippen molar-refractivity contribution >= 4 is 31.4 Å². The van der Waals surface area contributed by atoms with Crippen LogP contribution < -0.4 is 9.03 Å². The molecule has 1 aromatic carbocycles. The molecule has 0 saturated carbocycles. The number of nitrogens with one attached hydrogen (secondary N) is 2. The lowest BCUT2D eigenvalue weighted by atomic mass is 10.3. The predicted octanol–water partition coefficient (Wildman–Crippen LogP) is 1.37. The van der Waals surface area contributed by atoms with Gasteiger partial charge < -0.3 is 0 Å². The van der Waals surface area contributed by atoms with Crippen molar-refractivity contribution < 1.29 is 16.8 Å². The maximum Gasteiger partial charge on any atom is 0.265 e. The molecule has 0 unspecified atom stereocenters. The monoisotopic (exact) mass is 370 g/mol. The number of H-pyrrole nitrogens is 1. The minimum absolute atomic E-state index is 0.0988. The quantitative estimate of drug-likeness (QED) is 0.844. The molecule has 1 aromatic heterocycles. The molecule has 3 rings (SSSR count). The van der Waals surface area contributed by atoms with E-state index in [9.17, 15) is 16.8 Å². The zero-order valence-corrected chi connectivity index (χ0v) is 14.9. The van der Waals surface area contributed by atoms with Crippen molar-refractivity contribution in [1.29, 1.82) is 0 Å². The molecule has 130 valence electrons. The van der Waals surface area contributed by atoms with E-state index in [1.54, 1.807) is 32.0 Å². The highest BCUT2D eigenvalue weighted by atomic mass is 32.2. The number of anilines is 2. The van der Waals surface area contributed by atoms with E-state index in [0.29, 0.717) is 35.7 Å². The molecule has 0 amide bonds. The molecule has 2 N–H and O–H groups in total. The molecule has 1 saturated heterocycles. The second-order valence-corrected chi connectivity index (χ2v) is 9.29. The van der Waals surface area contributed by atoms with Crippen LogP contribution in [0.1, 0.15) is 17.8 Å². The fourth-order valence-corrected chi connectivity index (χ4v) is 5.78. The minimum Gasteiger partial charge on any atom is -0.281 e. The van der Waals surface area contributed by atoms with E-state index < -0.39 is 20.0 Å². The standard InChI is InChI=1S/C14H18N4O4S2/c1-10-14(11(2)16-15-10)24(21,22)17-12-5-3-6-13(9-12)18-7-4-8-23(18,19)20/h3,5-6,9,17H,4,7-8H2,1-2H3,(H,15,16). The van der Waals surface area contributed by atoms with Gasteiger partial charge in [-0.1, -0.05) is 6.07 Å². The molecule has 0 bridgehead atoms. The number of aromatic nitrogens is 2. The second-order valence-electron chi connectivity index (χ2n) is 5.66. The lowest BCUT2D eigenvalue weighted by molar-refractivity contribution is 0.598. The van der Waals surface area contributed by atoms with Crippen LogP contribution >= 0.6 is 0 Å². The van der Waals surface area contributed by atoms with Crippen molar-refractivity contribution in [2.24, 2.45) is 0 Å². The predicted molar refractivity (Wildman–Crippen MR) is 91.1 cm³/mol. The Kier molecular flexibility index (Phi) is 4.04. The Morgan fingerprint density at radius 2 is 2.04 bits per heavy atom. The zero-order valence-electron chi connectivity index (χ0n) is 13.3. The van der Waals surface area contributed by atoms with Gasteiger partial charge in [-0.15, -0.1) is 0 Å². The molecular weight excluding hydrogens is 352 g/mol. The molecule has 1 aliphatic heterocycles. The summed E-state index contributed by atoms with van der Waals surface area (Å²) in [5.41, 5.74) is 1.57. The summed E-state index contributed by atoms with van der Waals surface area (Å²) in [6, 6.07) is 6.37. The molecule has 24 heavy (non-hydrogen) atoms. The Balaban J connectivity index is 1.93. The van der Waals surface area contributed by atoms with Gasteiger partial charge in [0.15, 0.2) is 0 Å². The van der Waals surface area contributed by atoms with Crippen molar-refractivity contribution in [1.82, 2.24) is 10.2 Å². The first-order valence-electron chi connectivity index (χ1n) is 7.35. The number of aryl methyl sites for hydroxylation is 2. The number of sulfonamides is 2. The Morgan fingerprint density at radius 3 is 2.62 bits per heavy atom. The first-order valence-corrected chi connectivity index (χ1v) is 10.4. The van der Waals surface area contributed by atoms with E-state index in [-0.39, 0.29) is 10.6 Å². The topological polar surface area (TPSA) is 112 Å². The smallest absolute Gasteiger partial charge is 0.265 e. The average molecular weight is 370 g/mol. The summed E-state index contributed by atoms with van der Waals surface area (Å²) in [6.45, 7) is 3.63. The third kappa shape index (κ3) is 2.98. The van der Waals surface area contributed by atoms with Gasteiger partial charge in [0.1, 0.15) is 4.90 Å². The van der Waals surface area contributed by atoms with E-state index >= 15 is 0 Å².